The first-order valence-corrected chi connectivity index (χ1v) is 4.91. The van der Waals surface area contributed by atoms with Crippen molar-refractivity contribution in [2.45, 2.75) is 18.8 Å². The third kappa shape index (κ3) is 1.72. The predicted molar refractivity (Wildman–Crippen MR) is 52.8 cm³/mol. The van der Waals surface area contributed by atoms with Crippen molar-refractivity contribution in [1.82, 2.24) is 0 Å². The van der Waals surface area contributed by atoms with Gasteiger partial charge in [0.1, 0.15) is 0 Å². The lowest BCUT2D eigenvalue weighted by Crippen LogP contribution is -1.93. The van der Waals surface area contributed by atoms with Gasteiger partial charge in [-0.05, 0) is 30.9 Å². The smallest absolute Gasteiger partial charge is 0.258 e. The summed E-state index contributed by atoms with van der Waals surface area (Å²) in [6.07, 6.45) is 2.16. The molecule has 0 radical (unpaired) electrons. The molecule has 68 valence electrons. The monoisotopic (exact) mass is 241 g/mol. The molecule has 1 aliphatic rings. The van der Waals surface area contributed by atoms with E-state index in [9.17, 15) is 10.1 Å². The van der Waals surface area contributed by atoms with Crippen LogP contribution in [0.4, 0.5) is 5.69 Å². The number of hydrogen-bond donors (Lipinski definition) is 0. The van der Waals surface area contributed by atoms with Gasteiger partial charge in [-0.3, -0.25) is 10.1 Å². The van der Waals surface area contributed by atoms with E-state index >= 15 is 0 Å². The molecule has 0 N–H and O–H groups in total. The number of nitro groups is 1. The fraction of sp³-hybridized carbons (Fsp3) is 0.333. The molecule has 0 amide bonds. The Bertz CT molecular complexity index is 361. The van der Waals surface area contributed by atoms with Gasteiger partial charge in [0.05, 0.1) is 4.92 Å². The Morgan fingerprint density at radius 2 is 2.15 bits per heavy atom. The molecule has 1 fully saturated rings. The number of halogens is 1. The van der Waals surface area contributed by atoms with Crippen LogP contribution in [0.5, 0.6) is 0 Å². The van der Waals surface area contributed by atoms with Gasteiger partial charge < -0.3 is 0 Å². The summed E-state index contributed by atoms with van der Waals surface area (Å²) in [5, 5.41) is 10.7. The summed E-state index contributed by atoms with van der Waals surface area (Å²) in [4.78, 5) is 10.4. The summed E-state index contributed by atoms with van der Waals surface area (Å²) >= 11 is 3.32. The topological polar surface area (TPSA) is 43.1 Å². The van der Waals surface area contributed by atoms with Gasteiger partial charge in [0.15, 0.2) is 0 Å². The zero-order valence-corrected chi connectivity index (χ0v) is 8.45. The number of hydrogen-bond acceptors (Lipinski definition) is 2. The lowest BCUT2D eigenvalue weighted by molar-refractivity contribution is -0.385. The molecule has 0 spiro atoms. The van der Waals surface area contributed by atoms with E-state index in [1.165, 1.54) is 0 Å². The molecular weight excluding hydrogens is 234 g/mol. The molecule has 1 aromatic rings. The minimum Gasteiger partial charge on any atom is -0.258 e. The van der Waals surface area contributed by atoms with E-state index in [2.05, 4.69) is 15.9 Å². The maximum Gasteiger partial charge on any atom is 0.272 e. The van der Waals surface area contributed by atoms with Gasteiger partial charge >= 0.3 is 0 Å². The SMILES string of the molecule is O=[N+]([O-])c1ccc(Br)cc1C1CC1. The molecule has 3 nitrogen and oxygen atoms in total. The summed E-state index contributed by atoms with van der Waals surface area (Å²) in [5.41, 5.74) is 1.13. The largest absolute Gasteiger partial charge is 0.272 e. The fourth-order valence-electron chi connectivity index (χ4n) is 1.41. The van der Waals surface area contributed by atoms with Crippen LogP contribution in [0.15, 0.2) is 22.7 Å². The molecule has 1 aliphatic carbocycles. The summed E-state index contributed by atoms with van der Waals surface area (Å²) in [5.74, 6) is 0.415. The Morgan fingerprint density at radius 3 is 2.69 bits per heavy atom. The molecule has 4 heteroatoms. The van der Waals surface area contributed by atoms with E-state index in [4.69, 9.17) is 0 Å². The average molecular weight is 242 g/mol. The normalized spacial score (nSPS) is 15.8. The van der Waals surface area contributed by atoms with Crippen LogP contribution in [-0.4, -0.2) is 4.92 Å². The number of benzene rings is 1. The van der Waals surface area contributed by atoms with Crippen molar-refractivity contribution >= 4 is 21.6 Å². The van der Waals surface area contributed by atoms with Crippen LogP contribution in [0.3, 0.4) is 0 Å². The first-order valence-electron chi connectivity index (χ1n) is 4.12. The van der Waals surface area contributed by atoms with Crippen LogP contribution in [0, 0.1) is 10.1 Å². The molecule has 0 aromatic heterocycles. The number of rotatable bonds is 2. The quantitative estimate of drug-likeness (QED) is 0.590. The van der Waals surface area contributed by atoms with E-state index in [-0.39, 0.29) is 10.6 Å². The van der Waals surface area contributed by atoms with Gasteiger partial charge in [0.2, 0.25) is 0 Å². The molecule has 0 aliphatic heterocycles. The predicted octanol–water partition coefficient (Wildman–Crippen LogP) is 3.23. The molecular formula is C9H8BrNO2. The molecule has 1 aromatic carbocycles. The van der Waals surface area contributed by atoms with Crippen molar-refractivity contribution < 1.29 is 4.92 Å². The number of nitrogens with zero attached hydrogens (tertiary/aromatic N) is 1. The second-order valence-electron chi connectivity index (χ2n) is 3.23. The van der Waals surface area contributed by atoms with E-state index in [0.29, 0.717) is 5.92 Å². The Hall–Kier alpha value is -0.900. The molecule has 0 atom stereocenters. The van der Waals surface area contributed by atoms with Gasteiger partial charge in [-0.15, -0.1) is 0 Å². The van der Waals surface area contributed by atoms with E-state index in [1.807, 2.05) is 6.07 Å². The molecule has 0 unspecified atom stereocenters. The molecule has 13 heavy (non-hydrogen) atoms. The molecule has 0 bridgehead atoms. The highest BCUT2D eigenvalue weighted by Crippen LogP contribution is 2.44. The Morgan fingerprint density at radius 1 is 1.46 bits per heavy atom. The lowest BCUT2D eigenvalue weighted by atomic mass is 10.1. The molecule has 2 rings (SSSR count). The van der Waals surface area contributed by atoms with Crippen molar-refractivity contribution in [1.29, 1.82) is 0 Å². The van der Waals surface area contributed by atoms with Crippen LogP contribution in [0.1, 0.15) is 24.3 Å². The second-order valence-corrected chi connectivity index (χ2v) is 4.15. The average Bonchev–Trinajstić information content (AvgIpc) is 2.85. The van der Waals surface area contributed by atoms with Crippen LogP contribution >= 0.6 is 15.9 Å². The standard InChI is InChI=1S/C9H8BrNO2/c10-7-3-4-9(11(12)13)8(5-7)6-1-2-6/h3-6H,1-2H2. The zero-order valence-electron chi connectivity index (χ0n) is 6.87. The first-order chi connectivity index (χ1) is 6.18. The Labute approximate surface area is 84.0 Å². The third-order valence-corrected chi connectivity index (χ3v) is 2.70. The summed E-state index contributed by atoms with van der Waals surface area (Å²) < 4.78 is 0.917. The van der Waals surface area contributed by atoms with Crippen molar-refractivity contribution in [3.8, 4) is 0 Å². The summed E-state index contributed by atoms with van der Waals surface area (Å²) in [6.45, 7) is 0. The third-order valence-electron chi connectivity index (χ3n) is 2.20. The maximum atomic E-state index is 10.7. The van der Waals surface area contributed by atoms with E-state index in [0.717, 1.165) is 22.9 Å². The molecule has 1 saturated carbocycles. The van der Waals surface area contributed by atoms with Gasteiger partial charge in [-0.2, -0.15) is 0 Å². The summed E-state index contributed by atoms with van der Waals surface area (Å²) in [7, 11) is 0. The van der Waals surface area contributed by atoms with Crippen molar-refractivity contribution in [3.63, 3.8) is 0 Å². The molecule has 0 saturated heterocycles. The minimum atomic E-state index is -0.305. The maximum absolute atomic E-state index is 10.7. The highest BCUT2D eigenvalue weighted by atomic mass is 79.9. The van der Waals surface area contributed by atoms with Crippen molar-refractivity contribution in [2.24, 2.45) is 0 Å². The highest BCUT2D eigenvalue weighted by Gasteiger charge is 2.30. The van der Waals surface area contributed by atoms with Crippen molar-refractivity contribution in [2.75, 3.05) is 0 Å². The molecule has 0 heterocycles. The Balaban J connectivity index is 2.47. The second kappa shape index (κ2) is 3.10. The lowest BCUT2D eigenvalue weighted by Gasteiger charge is -2.00. The van der Waals surface area contributed by atoms with Crippen molar-refractivity contribution in [3.05, 3.63) is 38.3 Å². The number of nitro benzene ring substituents is 1. The van der Waals surface area contributed by atoms with Gasteiger partial charge in [0.25, 0.3) is 5.69 Å². The Kier molecular flexibility index (Phi) is 2.07. The van der Waals surface area contributed by atoms with Crippen LogP contribution in [-0.2, 0) is 0 Å². The zero-order chi connectivity index (χ0) is 9.42. The van der Waals surface area contributed by atoms with Crippen LogP contribution in [0.2, 0.25) is 0 Å². The summed E-state index contributed by atoms with van der Waals surface area (Å²) in [6, 6.07) is 5.14. The van der Waals surface area contributed by atoms with Crippen LogP contribution < -0.4 is 0 Å². The van der Waals surface area contributed by atoms with Crippen LogP contribution in [0.25, 0.3) is 0 Å². The highest BCUT2D eigenvalue weighted by molar-refractivity contribution is 9.10. The van der Waals surface area contributed by atoms with E-state index < -0.39 is 0 Å². The fourth-order valence-corrected chi connectivity index (χ4v) is 1.79. The first kappa shape index (κ1) is 8.69. The van der Waals surface area contributed by atoms with Gasteiger partial charge in [-0.1, -0.05) is 15.9 Å². The minimum absolute atomic E-state index is 0.255. The van der Waals surface area contributed by atoms with Gasteiger partial charge in [0, 0.05) is 16.1 Å². The van der Waals surface area contributed by atoms with Gasteiger partial charge in [-0.25, -0.2) is 0 Å². The van der Waals surface area contributed by atoms with E-state index in [1.54, 1.807) is 12.1 Å².